The number of piperazine rings is 1. The van der Waals surface area contributed by atoms with E-state index < -0.39 is 0 Å². The van der Waals surface area contributed by atoms with Gasteiger partial charge in [-0.2, -0.15) is 0 Å². The molecular weight excluding hydrogens is 350 g/mol. The Morgan fingerprint density at radius 3 is 2.29 bits per heavy atom. The summed E-state index contributed by atoms with van der Waals surface area (Å²) in [6.45, 7) is 4.49. The van der Waals surface area contributed by atoms with E-state index in [4.69, 9.17) is 4.74 Å². The molecule has 1 aromatic heterocycles. The van der Waals surface area contributed by atoms with Crippen molar-refractivity contribution in [1.82, 2.24) is 14.8 Å². The topological polar surface area (TPSA) is 46.4 Å². The van der Waals surface area contributed by atoms with Crippen molar-refractivity contribution in [3.63, 3.8) is 0 Å². The zero-order chi connectivity index (χ0) is 18.9. The highest BCUT2D eigenvalue weighted by Gasteiger charge is 2.28. The largest absolute Gasteiger partial charge is 0.368 e. The molecule has 0 unspecified atom stereocenters. The molecule has 0 radical (unpaired) electrons. The third-order valence-electron chi connectivity index (χ3n) is 5.82. The van der Waals surface area contributed by atoms with Crippen molar-refractivity contribution in [2.45, 2.75) is 19.1 Å². The lowest BCUT2D eigenvalue weighted by molar-refractivity contribution is 0.0199. The molecular formula is C22H25N5O. The van der Waals surface area contributed by atoms with Crippen molar-refractivity contribution < 1.29 is 4.74 Å². The van der Waals surface area contributed by atoms with Crippen LogP contribution in [0.4, 0.5) is 11.6 Å². The molecule has 3 aromatic rings. The van der Waals surface area contributed by atoms with Gasteiger partial charge in [0.2, 0.25) is 5.95 Å². The van der Waals surface area contributed by atoms with E-state index in [-0.39, 0.29) is 6.10 Å². The number of ether oxygens (including phenoxy) is 1. The van der Waals surface area contributed by atoms with Gasteiger partial charge in [0, 0.05) is 45.3 Å². The molecule has 6 heteroatoms. The maximum Gasteiger partial charge on any atom is 0.227 e. The average molecular weight is 375 g/mol. The van der Waals surface area contributed by atoms with Gasteiger partial charge in [-0.25, -0.2) is 0 Å². The molecule has 1 atom stereocenters. The lowest BCUT2D eigenvalue weighted by Crippen LogP contribution is -2.47. The molecule has 28 heavy (non-hydrogen) atoms. The molecule has 0 saturated carbocycles. The van der Waals surface area contributed by atoms with Crippen molar-refractivity contribution >= 4 is 11.6 Å². The third kappa shape index (κ3) is 3.14. The normalized spacial score (nSPS) is 19.5. The van der Waals surface area contributed by atoms with Gasteiger partial charge in [0.1, 0.15) is 6.10 Å². The van der Waals surface area contributed by atoms with Crippen LogP contribution in [-0.2, 0) is 24.8 Å². The third-order valence-corrected chi connectivity index (χ3v) is 5.82. The van der Waals surface area contributed by atoms with Crippen molar-refractivity contribution in [1.29, 1.82) is 0 Å². The Labute approximate surface area is 165 Å². The molecule has 5 rings (SSSR count). The predicted molar refractivity (Wildman–Crippen MR) is 110 cm³/mol. The summed E-state index contributed by atoms with van der Waals surface area (Å²) in [6, 6.07) is 19.1. The van der Waals surface area contributed by atoms with Crippen molar-refractivity contribution in [3.05, 3.63) is 71.5 Å². The Bertz CT molecular complexity index is 947. The highest BCUT2D eigenvalue weighted by molar-refractivity contribution is 5.48. The minimum atomic E-state index is -0.0354. The van der Waals surface area contributed by atoms with Crippen molar-refractivity contribution in [2.75, 3.05) is 36.0 Å². The summed E-state index contributed by atoms with van der Waals surface area (Å²) < 4.78 is 8.20. The number of aromatic nitrogens is 3. The fraction of sp³-hybridized carbons (Fsp3) is 0.364. The molecule has 1 fully saturated rings. The fourth-order valence-corrected chi connectivity index (χ4v) is 4.20. The molecule has 144 valence electrons. The van der Waals surface area contributed by atoms with E-state index in [0.717, 1.165) is 44.4 Å². The van der Waals surface area contributed by atoms with Crippen LogP contribution in [0.1, 0.15) is 23.1 Å². The molecule has 6 nitrogen and oxygen atoms in total. The Morgan fingerprint density at radius 1 is 0.821 bits per heavy atom. The summed E-state index contributed by atoms with van der Waals surface area (Å²) in [5, 5.41) is 9.01. The highest BCUT2D eigenvalue weighted by atomic mass is 16.5. The molecule has 0 spiro atoms. The van der Waals surface area contributed by atoms with Gasteiger partial charge in [0.15, 0.2) is 5.82 Å². The maximum absolute atomic E-state index is 6.10. The first-order chi connectivity index (χ1) is 13.8. The van der Waals surface area contributed by atoms with E-state index in [0.29, 0.717) is 6.61 Å². The number of fused-ring (bicyclic) bond motifs is 1. The lowest BCUT2D eigenvalue weighted by atomic mass is 9.99. The Balaban J connectivity index is 1.29. The van der Waals surface area contributed by atoms with Crippen LogP contribution >= 0.6 is 0 Å². The smallest absolute Gasteiger partial charge is 0.227 e. The van der Waals surface area contributed by atoms with Crippen LogP contribution in [0.15, 0.2) is 54.6 Å². The molecule has 0 aliphatic carbocycles. The number of nitrogens with zero attached hydrogens (tertiary/aromatic N) is 5. The monoisotopic (exact) mass is 375 g/mol. The van der Waals surface area contributed by atoms with Crippen molar-refractivity contribution in [2.24, 2.45) is 7.05 Å². The number of hydrogen-bond donors (Lipinski definition) is 0. The van der Waals surface area contributed by atoms with Gasteiger partial charge in [0.05, 0.1) is 6.61 Å². The van der Waals surface area contributed by atoms with E-state index in [1.54, 1.807) is 0 Å². The lowest BCUT2D eigenvalue weighted by Gasteiger charge is -2.36. The van der Waals surface area contributed by atoms with Gasteiger partial charge < -0.3 is 14.5 Å². The maximum atomic E-state index is 6.10. The summed E-state index contributed by atoms with van der Waals surface area (Å²) in [5.41, 5.74) is 3.91. The van der Waals surface area contributed by atoms with Gasteiger partial charge >= 0.3 is 0 Å². The highest BCUT2D eigenvalue weighted by Crippen LogP contribution is 2.30. The second kappa shape index (κ2) is 7.28. The quantitative estimate of drug-likeness (QED) is 0.704. The van der Waals surface area contributed by atoms with Gasteiger partial charge in [-0.15, -0.1) is 10.2 Å². The minimum absolute atomic E-state index is 0.0354. The van der Waals surface area contributed by atoms with E-state index in [1.165, 1.54) is 16.8 Å². The van der Waals surface area contributed by atoms with Crippen LogP contribution in [0, 0.1) is 0 Å². The van der Waals surface area contributed by atoms with Gasteiger partial charge in [-0.1, -0.05) is 42.5 Å². The molecule has 0 bridgehead atoms. The molecule has 2 aromatic carbocycles. The number of hydrogen-bond acceptors (Lipinski definition) is 5. The summed E-state index contributed by atoms with van der Waals surface area (Å²) >= 11 is 0. The summed E-state index contributed by atoms with van der Waals surface area (Å²) in [6.07, 6.45) is 0.816. The van der Waals surface area contributed by atoms with Crippen LogP contribution in [0.25, 0.3) is 0 Å². The minimum Gasteiger partial charge on any atom is -0.368 e. The SMILES string of the molecule is Cn1c([C@@H]2Cc3ccccc3CO2)nnc1N1CCN(c2ccccc2)CC1. The van der Waals surface area contributed by atoms with E-state index in [9.17, 15) is 0 Å². The summed E-state index contributed by atoms with van der Waals surface area (Å²) in [7, 11) is 2.05. The number of para-hydroxylation sites is 1. The summed E-state index contributed by atoms with van der Waals surface area (Å²) in [5.74, 6) is 1.85. The van der Waals surface area contributed by atoms with Crippen LogP contribution in [-0.4, -0.2) is 40.9 Å². The summed E-state index contributed by atoms with van der Waals surface area (Å²) in [4.78, 5) is 4.75. The van der Waals surface area contributed by atoms with E-state index in [2.05, 4.69) is 86.2 Å². The molecule has 0 amide bonds. The van der Waals surface area contributed by atoms with E-state index >= 15 is 0 Å². The van der Waals surface area contributed by atoms with Gasteiger partial charge in [0.25, 0.3) is 0 Å². The van der Waals surface area contributed by atoms with Crippen LogP contribution < -0.4 is 9.80 Å². The molecule has 0 N–H and O–H groups in total. The first-order valence-corrected chi connectivity index (χ1v) is 9.92. The van der Waals surface area contributed by atoms with Gasteiger partial charge in [-0.05, 0) is 23.3 Å². The van der Waals surface area contributed by atoms with Gasteiger partial charge in [-0.3, -0.25) is 4.57 Å². The molecule has 3 heterocycles. The standard InChI is InChI=1S/C22H25N5O/c1-25-21(20-15-17-7-5-6-8-18(17)16-28-20)23-24-22(25)27-13-11-26(12-14-27)19-9-3-2-4-10-19/h2-10,20H,11-16H2,1H3/t20-/m0/s1. The fourth-order valence-electron chi connectivity index (χ4n) is 4.20. The second-order valence-corrected chi connectivity index (χ2v) is 7.50. The van der Waals surface area contributed by atoms with Crippen molar-refractivity contribution in [3.8, 4) is 0 Å². The zero-order valence-corrected chi connectivity index (χ0v) is 16.2. The van der Waals surface area contributed by atoms with Crippen LogP contribution in [0.3, 0.4) is 0 Å². The first-order valence-electron chi connectivity index (χ1n) is 9.92. The number of rotatable bonds is 3. The Kier molecular flexibility index (Phi) is 4.49. The molecule has 1 saturated heterocycles. The number of anilines is 2. The zero-order valence-electron chi connectivity index (χ0n) is 16.2. The Morgan fingerprint density at radius 2 is 1.50 bits per heavy atom. The van der Waals surface area contributed by atoms with E-state index in [1.807, 2.05) is 0 Å². The Hall–Kier alpha value is -2.86. The van der Waals surface area contributed by atoms with Crippen LogP contribution in [0.5, 0.6) is 0 Å². The average Bonchev–Trinajstić information content (AvgIpc) is 3.15. The van der Waals surface area contributed by atoms with Crippen LogP contribution in [0.2, 0.25) is 0 Å². The molecule has 2 aliphatic heterocycles. The first kappa shape index (κ1) is 17.3. The second-order valence-electron chi connectivity index (χ2n) is 7.50. The predicted octanol–water partition coefficient (Wildman–Crippen LogP) is 2.96. The number of benzene rings is 2. The molecule has 2 aliphatic rings.